The van der Waals surface area contributed by atoms with Crippen LogP contribution in [-0.4, -0.2) is 29.3 Å². The van der Waals surface area contributed by atoms with Gasteiger partial charge in [-0.05, 0) is 5.56 Å². The van der Waals surface area contributed by atoms with Crippen molar-refractivity contribution in [2.75, 3.05) is 0 Å². The van der Waals surface area contributed by atoms with E-state index in [1.807, 2.05) is 84.9 Å². The first-order valence-electron chi connectivity index (χ1n) is 16.2. The summed E-state index contributed by atoms with van der Waals surface area (Å²) in [5.41, 5.74) is 7.68. The van der Waals surface area contributed by atoms with E-state index >= 15 is 0 Å². The molecule has 0 saturated heterocycles. The van der Waals surface area contributed by atoms with Crippen LogP contribution in [0.5, 0.6) is 0 Å². The smallest absolute Gasteiger partial charge is 0.164 e. The fraction of sp³-hybridized carbons (Fsp3) is 0. The minimum absolute atomic E-state index is 0.605. The summed E-state index contributed by atoms with van der Waals surface area (Å²) in [6, 6.07) is 57.4. The Morgan fingerprint density at radius 3 is 1.14 bits per heavy atom. The first kappa shape index (κ1) is 28.4. The lowest BCUT2D eigenvalue weighted by Gasteiger charge is -2.13. The van der Waals surface area contributed by atoms with Crippen molar-refractivity contribution in [1.29, 1.82) is 0 Å². The molecule has 3 aromatic heterocycles. The first-order valence-corrected chi connectivity index (χ1v) is 16.2. The quantitative estimate of drug-likeness (QED) is 0.183. The molecular formula is C43H28N6. The predicted molar refractivity (Wildman–Crippen MR) is 196 cm³/mol. The molecule has 6 nitrogen and oxygen atoms in total. The monoisotopic (exact) mass is 628 g/mol. The minimum atomic E-state index is 0.605. The molecule has 6 heteroatoms. The van der Waals surface area contributed by atoms with Gasteiger partial charge in [0.15, 0.2) is 23.3 Å². The second kappa shape index (κ2) is 12.1. The second-order valence-electron chi connectivity index (χ2n) is 11.8. The van der Waals surface area contributed by atoms with Gasteiger partial charge in [-0.2, -0.15) is 0 Å². The van der Waals surface area contributed by atoms with E-state index in [0.717, 1.165) is 61.3 Å². The molecule has 9 rings (SSSR count). The maximum atomic E-state index is 5.24. The summed E-state index contributed by atoms with van der Waals surface area (Å²) in [7, 11) is 0. The second-order valence-corrected chi connectivity index (χ2v) is 11.8. The zero-order valence-corrected chi connectivity index (χ0v) is 26.3. The Bertz CT molecular complexity index is 2510. The molecular weight excluding hydrogens is 601 g/mol. The van der Waals surface area contributed by atoms with Gasteiger partial charge < -0.3 is 0 Å². The maximum absolute atomic E-state index is 5.24. The van der Waals surface area contributed by atoms with Gasteiger partial charge in [0.2, 0.25) is 0 Å². The molecule has 0 saturated carbocycles. The van der Waals surface area contributed by atoms with Gasteiger partial charge >= 0.3 is 0 Å². The Kier molecular flexibility index (Phi) is 7.02. The summed E-state index contributed by atoms with van der Waals surface area (Å²) in [4.78, 5) is 25.1. The van der Waals surface area contributed by atoms with E-state index in [2.05, 4.69) is 89.3 Å². The topological polar surface area (TPSA) is 68.9 Å². The van der Waals surface area contributed by atoms with Gasteiger partial charge in [-0.15, -0.1) is 0 Å². The fourth-order valence-electron chi connectivity index (χ4n) is 6.32. The lowest BCUT2D eigenvalue weighted by molar-refractivity contribution is 1.05. The molecule has 6 aromatic carbocycles. The number of rotatable bonds is 6. The van der Waals surface area contributed by atoms with E-state index in [1.165, 1.54) is 0 Å². The highest BCUT2D eigenvalue weighted by atomic mass is 15.1. The molecule has 0 atom stereocenters. The average molecular weight is 629 g/mol. The number of aromatic nitrogens is 6. The van der Waals surface area contributed by atoms with Crippen molar-refractivity contribution in [2.24, 2.45) is 0 Å². The molecule has 3 heterocycles. The Morgan fingerprint density at radius 1 is 0.286 bits per heavy atom. The molecule has 0 fully saturated rings. The number of fused-ring (bicyclic) bond motifs is 3. The van der Waals surface area contributed by atoms with Crippen molar-refractivity contribution in [3.63, 3.8) is 0 Å². The maximum Gasteiger partial charge on any atom is 0.164 e. The summed E-state index contributed by atoms with van der Waals surface area (Å²) in [6.07, 6.45) is 0. The van der Waals surface area contributed by atoms with Gasteiger partial charge in [0.1, 0.15) is 11.5 Å². The molecule has 49 heavy (non-hydrogen) atoms. The number of hydrogen-bond donors (Lipinski definition) is 0. The van der Waals surface area contributed by atoms with Crippen molar-refractivity contribution >= 4 is 16.4 Å². The van der Waals surface area contributed by atoms with Crippen LogP contribution in [0.2, 0.25) is 0 Å². The van der Waals surface area contributed by atoms with Gasteiger partial charge in [-0.1, -0.05) is 170 Å². The standard InChI is InChI=1S/C43H28N6/c1-5-15-29(16-6-1)37-35-23-13-14-24-36(35)43-48-41(32-21-11-4-12-22-32)47-42(49(37)43)34-27-25-33(26-28-34)40-45-38(30-17-7-2-8-18-30)44-39(46-40)31-19-9-3-10-20-31/h1-28H. The summed E-state index contributed by atoms with van der Waals surface area (Å²) < 4.78 is 2.20. The Labute approximate surface area is 283 Å². The van der Waals surface area contributed by atoms with Crippen LogP contribution in [0.4, 0.5) is 0 Å². The molecule has 0 amide bonds. The molecule has 0 aliphatic rings. The molecule has 0 radical (unpaired) electrons. The fourth-order valence-corrected chi connectivity index (χ4v) is 6.32. The Morgan fingerprint density at radius 2 is 0.653 bits per heavy atom. The first-order chi connectivity index (χ1) is 24.3. The normalized spacial score (nSPS) is 11.3. The molecule has 230 valence electrons. The number of benzene rings is 6. The highest BCUT2D eigenvalue weighted by Gasteiger charge is 2.21. The van der Waals surface area contributed by atoms with Crippen molar-refractivity contribution in [3.8, 4) is 68.2 Å². The van der Waals surface area contributed by atoms with Crippen LogP contribution < -0.4 is 0 Å². The summed E-state index contributed by atoms with van der Waals surface area (Å²) in [5, 5.41) is 2.20. The molecule has 0 aliphatic carbocycles. The van der Waals surface area contributed by atoms with Gasteiger partial charge in [0, 0.05) is 38.6 Å². The Balaban J connectivity index is 1.25. The van der Waals surface area contributed by atoms with E-state index in [4.69, 9.17) is 24.9 Å². The zero-order chi connectivity index (χ0) is 32.6. The number of hydrogen-bond acceptors (Lipinski definition) is 5. The SMILES string of the molecule is c1ccc(-c2nc(-c3ccccc3)nc(-c3ccc(-c4nc(-c5ccccc5)nc5c6ccccc6c(-c6ccccc6)n45)cc3)n2)cc1. The van der Waals surface area contributed by atoms with Crippen LogP contribution in [0.25, 0.3) is 84.6 Å². The zero-order valence-electron chi connectivity index (χ0n) is 26.3. The largest absolute Gasteiger partial charge is 0.277 e. The van der Waals surface area contributed by atoms with Crippen LogP contribution in [0.15, 0.2) is 170 Å². The van der Waals surface area contributed by atoms with Crippen molar-refractivity contribution in [1.82, 2.24) is 29.3 Å². The van der Waals surface area contributed by atoms with Crippen LogP contribution in [-0.2, 0) is 0 Å². The third-order valence-electron chi connectivity index (χ3n) is 8.67. The van der Waals surface area contributed by atoms with Crippen molar-refractivity contribution in [2.45, 2.75) is 0 Å². The highest BCUT2D eigenvalue weighted by Crippen LogP contribution is 2.38. The summed E-state index contributed by atoms with van der Waals surface area (Å²) in [5.74, 6) is 3.34. The molecule has 0 unspecified atom stereocenters. The van der Waals surface area contributed by atoms with E-state index < -0.39 is 0 Å². The minimum Gasteiger partial charge on any atom is -0.277 e. The van der Waals surface area contributed by atoms with Gasteiger partial charge in [-0.3, -0.25) is 4.40 Å². The predicted octanol–water partition coefficient (Wildman–Crippen LogP) is 10.1. The highest BCUT2D eigenvalue weighted by molar-refractivity contribution is 6.06. The van der Waals surface area contributed by atoms with Crippen molar-refractivity contribution in [3.05, 3.63) is 170 Å². The van der Waals surface area contributed by atoms with E-state index in [1.54, 1.807) is 0 Å². The van der Waals surface area contributed by atoms with E-state index in [0.29, 0.717) is 23.3 Å². The van der Waals surface area contributed by atoms with Gasteiger partial charge in [-0.25, -0.2) is 24.9 Å². The third kappa shape index (κ3) is 5.22. The lowest BCUT2D eigenvalue weighted by atomic mass is 10.1. The van der Waals surface area contributed by atoms with Crippen LogP contribution in [0.3, 0.4) is 0 Å². The van der Waals surface area contributed by atoms with Crippen LogP contribution in [0, 0.1) is 0 Å². The third-order valence-corrected chi connectivity index (χ3v) is 8.67. The van der Waals surface area contributed by atoms with E-state index in [9.17, 15) is 0 Å². The van der Waals surface area contributed by atoms with Crippen molar-refractivity contribution < 1.29 is 0 Å². The van der Waals surface area contributed by atoms with E-state index in [-0.39, 0.29) is 0 Å². The molecule has 0 aliphatic heterocycles. The van der Waals surface area contributed by atoms with Gasteiger partial charge in [0.05, 0.1) is 5.69 Å². The molecule has 9 aromatic rings. The molecule has 0 spiro atoms. The number of nitrogens with zero attached hydrogens (tertiary/aromatic N) is 6. The van der Waals surface area contributed by atoms with Gasteiger partial charge in [0.25, 0.3) is 0 Å². The molecule has 0 N–H and O–H groups in total. The summed E-state index contributed by atoms with van der Waals surface area (Å²) >= 11 is 0. The van der Waals surface area contributed by atoms with Crippen LogP contribution >= 0.6 is 0 Å². The molecule has 0 bridgehead atoms. The van der Waals surface area contributed by atoms with Crippen LogP contribution in [0.1, 0.15) is 0 Å². The lowest BCUT2D eigenvalue weighted by Crippen LogP contribution is -2.03. The summed E-state index contributed by atoms with van der Waals surface area (Å²) in [6.45, 7) is 0. The Hall–Kier alpha value is -6.79. The average Bonchev–Trinajstić information content (AvgIpc) is 3.53.